The van der Waals surface area contributed by atoms with Gasteiger partial charge >= 0.3 is 0 Å². The molecule has 116 valence electrons. The molecule has 0 aliphatic heterocycles. The molecule has 0 bridgehead atoms. The third kappa shape index (κ3) is 3.11. The molecular formula is C22H21Br. The maximum atomic E-state index is 4.17. The van der Waals surface area contributed by atoms with E-state index in [1.807, 2.05) is 0 Å². The molecule has 0 radical (unpaired) electrons. The Morgan fingerprint density at radius 3 is 1.48 bits per heavy atom. The number of alkyl halides is 1. The Bertz CT molecular complexity index is 680. The number of hydrogen-bond acceptors (Lipinski definition) is 0. The maximum Gasteiger partial charge on any atom is 0.0822 e. The molecule has 0 heterocycles. The van der Waals surface area contributed by atoms with Crippen LogP contribution < -0.4 is 0 Å². The lowest BCUT2D eigenvalue weighted by atomic mass is 9.75. The maximum absolute atomic E-state index is 4.17. The molecule has 0 N–H and O–H groups in total. The van der Waals surface area contributed by atoms with Gasteiger partial charge in [-0.2, -0.15) is 0 Å². The quantitative estimate of drug-likeness (QED) is 0.452. The number of halogens is 1. The smallest absolute Gasteiger partial charge is 0.0742 e. The Morgan fingerprint density at radius 1 is 0.696 bits per heavy atom. The minimum Gasteiger partial charge on any atom is -0.0742 e. The lowest BCUT2D eigenvalue weighted by Gasteiger charge is -2.37. The van der Waals surface area contributed by atoms with Crippen molar-refractivity contribution in [1.82, 2.24) is 0 Å². The predicted molar refractivity (Wildman–Crippen MR) is 102 cm³/mol. The van der Waals surface area contributed by atoms with Crippen LogP contribution in [0.3, 0.4) is 0 Å². The Morgan fingerprint density at radius 2 is 1.09 bits per heavy atom. The molecular weight excluding hydrogens is 344 g/mol. The summed E-state index contributed by atoms with van der Waals surface area (Å²) in [4.78, 5) is 0. The highest BCUT2D eigenvalue weighted by atomic mass is 79.9. The van der Waals surface area contributed by atoms with Gasteiger partial charge in [0.2, 0.25) is 0 Å². The summed E-state index contributed by atoms with van der Waals surface area (Å²) in [6.07, 6.45) is 1.05. The Hall–Kier alpha value is -1.86. The minimum atomic E-state index is -0.231. The van der Waals surface area contributed by atoms with E-state index in [4.69, 9.17) is 0 Å². The van der Waals surface area contributed by atoms with E-state index in [1.165, 1.54) is 16.7 Å². The van der Waals surface area contributed by atoms with Crippen LogP contribution in [0.5, 0.6) is 0 Å². The van der Waals surface area contributed by atoms with E-state index in [0.717, 1.165) is 6.42 Å². The summed E-state index contributed by atoms with van der Waals surface area (Å²) in [7, 11) is 0. The summed E-state index contributed by atoms with van der Waals surface area (Å²) in [6, 6.07) is 32.3. The van der Waals surface area contributed by atoms with Gasteiger partial charge < -0.3 is 0 Å². The van der Waals surface area contributed by atoms with Crippen LogP contribution in [0.15, 0.2) is 91.0 Å². The molecule has 0 saturated heterocycles. The average molecular weight is 365 g/mol. The third-order valence-electron chi connectivity index (χ3n) is 4.48. The molecule has 0 fully saturated rings. The SMILES string of the molecule is CCC(c1ccccc1)C(Br)(c1ccccc1)c1ccccc1. The van der Waals surface area contributed by atoms with Gasteiger partial charge in [-0.05, 0) is 23.1 Å². The second-order valence-corrected chi connectivity index (χ2v) is 7.07. The molecule has 1 unspecified atom stereocenters. The van der Waals surface area contributed by atoms with Crippen LogP contribution in [-0.2, 0) is 4.32 Å². The molecule has 3 rings (SSSR count). The normalized spacial score (nSPS) is 12.8. The standard InChI is InChI=1S/C22H21Br/c1-2-21(18-12-6-3-7-13-18)22(23,19-14-8-4-9-15-19)20-16-10-5-11-17-20/h3-17,21H,2H2,1H3. The lowest BCUT2D eigenvalue weighted by molar-refractivity contribution is 0.552. The van der Waals surface area contributed by atoms with E-state index >= 15 is 0 Å². The number of benzene rings is 3. The fourth-order valence-electron chi connectivity index (χ4n) is 3.36. The molecule has 0 amide bonds. The monoisotopic (exact) mass is 364 g/mol. The van der Waals surface area contributed by atoms with Crippen molar-refractivity contribution >= 4 is 15.9 Å². The largest absolute Gasteiger partial charge is 0.0822 e. The van der Waals surface area contributed by atoms with Crippen molar-refractivity contribution in [3.05, 3.63) is 108 Å². The third-order valence-corrected chi connectivity index (χ3v) is 5.95. The van der Waals surface area contributed by atoms with Crippen LogP contribution in [0.4, 0.5) is 0 Å². The summed E-state index contributed by atoms with van der Waals surface area (Å²) in [5, 5.41) is 0. The first-order valence-corrected chi connectivity index (χ1v) is 8.91. The summed E-state index contributed by atoms with van der Waals surface area (Å²) in [5.74, 6) is 0.355. The highest BCUT2D eigenvalue weighted by Gasteiger charge is 2.39. The van der Waals surface area contributed by atoms with E-state index in [9.17, 15) is 0 Å². The first kappa shape index (κ1) is 16.0. The van der Waals surface area contributed by atoms with Gasteiger partial charge in [0.05, 0.1) is 4.32 Å². The number of hydrogen-bond donors (Lipinski definition) is 0. The van der Waals surface area contributed by atoms with Crippen molar-refractivity contribution in [2.24, 2.45) is 0 Å². The molecule has 0 aromatic heterocycles. The van der Waals surface area contributed by atoms with Gasteiger partial charge in [0.15, 0.2) is 0 Å². The van der Waals surface area contributed by atoms with Gasteiger partial charge in [-0.25, -0.2) is 0 Å². The average Bonchev–Trinajstić information content (AvgIpc) is 2.64. The van der Waals surface area contributed by atoms with Crippen LogP contribution in [0.2, 0.25) is 0 Å². The van der Waals surface area contributed by atoms with Gasteiger partial charge in [0.25, 0.3) is 0 Å². The Balaban J connectivity index is 2.19. The van der Waals surface area contributed by atoms with E-state index < -0.39 is 0 Å². The van der Waals surface area contributed by atoms with E-state index in [0.29, 0.717) is 5.92 Å². The van der Waals surface area contributed by atoms with Crippen molar-refractivity contribution < 1.29 is 0 Å². The summed E-state index contributed by atoms with van der Waals surface area (Å²) < 4.78 is -0.231. The highest BCUT2D eigenvalue weighted by molar-refractivity contribution is 9.09. The Kier molecular flexibility index (Phi) is 4.97. The molecule has 0 aliphatic rings. The zero-order valence-corrected chi connectivity index (χ0v) is 14.9. The molecule has 1 heteroatoms. The van der Waals surface area contributed by atoms with Crippen molar-refractivity contribution in [3.63, 3.8) is 0 Å². The topological polar surface area (TPSA) is 0 Å². The van der Waals surface area contributed by atoms with Crippen molar-refractivity contribution in [3.8, 4) is 0 Å². The van der Waals surface area contributed by atoms with Crippen molar-refractivity contribution in [2.75, 3.05) is 0 Å². The lowest BCUT2D eigenvalue weighted by Crippen LogP contribution is -2.28. The molecule has 0 spiro atoms. The molecule has 23 heavy (non-hydrogen) atoms. The van der Waals surface area contributed by atoms with Gasteiger partial charge in [-0.15, -0.1) is 0 Å². The summed E-state index contributed by atoms with van der Waals surface area (Å²) in [5.41, 5.74) is 3.95. The van der Waals surface area contributed by atoms with Gasteiger partial charge in [0.1, 0.15) is 0 Å². The summed E-state index contributed by atoms with van der Waals surface area (Å²) in [6.45, 7) is 2.26. The molecule has 3 aromatic carbocycles. The van der Waals surface area contributed by atoms with Crippen LogP contribution in [0.25, 0.3) is 0 Å². The molecule has 0 saturated carbocycles. The molecule has 0 aliphatic carbocycles. The van der Waals surface area contributed by atoms with Crippen molar-refractivity contribution in [1.29, 1.82) is 0 Å². The molecule has 3 aromatic rings. The zero-order chi connectivity index (χ0) is 16.1. The van der Waals surface area contributed by atoms with Crippen LogP contribution in [-0.4, -0.2) is 0 Å². The second-order valence-electron chi connectivity index (χ2n) is 5.82. The predicted octanol–water partition coefficient (Wildman–Crippen LogP) is 6.52. The fraction of sp³-hybridized carbons (Fsp3) is 0.182. The first-order valence-electron chi connectivity index (χ1n) is 8.11. The fourth-order valence-corrected chi connectivity index (χ4v) is 4.48. The highest BCUT2D eigenvalue weighted by Crippen LogP contribution is 2.50. The van der Waals surface area contributed by atoms with E-state index in [-0.39, 0.29) is 4.32 Å². The minimum absolute atomic E-state index is 0.231. The van der Waals surface area contributed by atoms with E-state index in [1.54, 1.807) is 0 Å². The zero-order valence-electron chi connectivity index (χ0n) is 13.3. The molecule has 1 atom stereocenters. The summed E-state index contributed by atoms with van der Waals surface area (Å²) >= 11 is 4.17. The van der Waals surface area contributed by atoms with E-state index in [2.05, 4.69) is 114 Å². The van der Waals surface area contributed by atoms with Gasteiger partial charge in [0, 0.05) is 5.92 Å². The van der Waals surface area contributed by atoms with Crippen molar-refractivity contribution in [2.45, 2.75) is 23.6 Å². The van der Waals surface area contributed by atoms with Crippen LogP contribution in [0, 0.1) is 0 Å². The Labute approximate surface area is 147 Å². The molecule has 0 nitrogen and oxygen atoms in total. The second kappa shape index (κ2) is 7.14. The van der Waals surface area contributed by atoms with Gasteiger partial charge in [-0.3, -0.25) is 0 Å². The number of rotatable bonds is 5. The van der Waals surface area contributed by atoms with Crippen LogP contribution >= 0.6 is 15.9 Å². The van der Waals surface area contributed by atoms with Crippen LogP contribution in [0.1, 0.15) is 36.0 Å². The van der Waals surface area contributed by atoms with Gasteiger partial charge in [-0.1, -0.05) is 114 Å². The first-order chi connectivity index (χ1) is 11.3.